The van der Waals surface area contributed by atoms with E-state index in [1.807, 2.05) is 6.92 Å². The van der Waals surface area contributed by atoms with Gasteiger partial charge in [-0.05, 0) is 57.7 Å². The fraction of sp³-hybridized carbons (Fsp3) is 0.667. The molecule has 1 aliphatic carbocycles. The SMILES string of the molecule is Cc1ccc(=O)n(CC2CCN(Cc3noc(C4CCC4)n3)CC2)n1. The smallest absolute Gasteiger partial charge is 0.266 e. The second-order valence-corrected chi connectivity index (χ2v) is 7.39. The molecule has 0 bridgehead atoms. The molecule has 1 aliphatic heterocycles. The Bertz CT molecular complexity index is 772. The Morgan fingerprint density at radius 2 is 2.00 bits per heavy atom. The molecule has 2 aromatic rings. The van der Waals surface area contributed by atoms with Crippen molar-refractivity contribution >= 4 is 0 Å². The summed E-state index contributed by atoms with van der Waals surface area (Å²) in [6, 6.07) is 3.37. The standard InChI is InChI=1S/C18H25N5O2/c1-13-5-6-17(24)23(20-13)11-14-7-9-22(10-8-14)12-16-19-18(25-21-16)15-3-2-4-15/h5-6,14-15H,2-4,7-12H2,1H3. The third-order valence-corrected chi connectivity index (χ3v) is 5.44. The van der Waals surface area contributed by atoms with Crippen LogP contribution in [-0.2, 0) is 13.1 Å². The largest absolute Gasteiger partial charge is 0.339 e. The van der Waals surface area contributed by atoms with Crippen molar-refractivity contribution in [3.05, 3.63) is 39.9 Å². The van der Waals surface area contributed by atoms with Gasteiger partial charge in [0.15, 0.2) is 5.82 Å². The number of rotatable bonds is 5. The van der Waals surface area contributed by atoms with Gasteiger partial charge in [-0.3, -0.25) is 9.69 Å². The van der Waals surface area contributed by atoms with E-state index < -0.39 is 0 Å². The van der Waals surface area contributed by atoms with E-state index in [1.54, 1.807) is 16.8 Å². The summed E-state index contributed by atoms with van der Waals surface area (Å²) in [5.41, 5.74) is 0.875. The minimum Gasteiger partial charge on any atom is -0.339 e. The normalized spacial score (nSPS) is 19.9. The molecule has 4 rings (SSSR count). The monoisotopic (exact) mass is 343 g/mol. The van der Waals surface area contributed by atoms with E-state index in [2.05, 4.69) is 20.1 Å². The molecule has 0 unspecified atom stereocenters. The predicted molar refractivity (Wildman–Crippen MR) is 92.1 cm³/mol. The van der Waals surface area contributed by atoms with Crippen molar-refractivity contribution in [2.75, 3.05) is 13.1 Å². The molecule has 134 valence electrons. The maximum Gasteiger partial charge on any atom is 0.266 e. The van der Waals surface area contributed by atoms with Crippen LogP contribution in [0.2, 0.25) is 0 Å². The number of likely N-dealkylation sites (tertiary alicyclic amines) is 1. The van der Waals surface area contributed by atoms with Gasteiger partial charge >= 0.3 is 0 Å². The van der Waals surface area contributed by atoms with Crippen LogP contribution in [-0.4, -0.2) is 37.9 Å². The number of aryl methyl sites for hydroxylation is 1. The van der Waals surface area contributed by atoms with Crippen LogP contribution < -0.4 is 5.56 Å². The lowest BCUT2D eigenvalue weighted by Gasteiger charge is -2.31. The highest BCUT2D eigenvalue weighted by atomic mass is 16.5. The van der Waals surface area contributed by atoms with Gasteiger partial charge in [-0.25, -0.2) is 4.68 Å². The van der Waals surface area contributed by atoms with Crippen LogP contribution in [0.5, 0.6) is 0 Å². The van der Waals surface area contributed by atoms with E-state index in [0.29, 0.717) is 18.4 Å². The Hall–Kier alpha value is -2.02. The summed E-state index contributed by atoms with van der Waals surface area (Å²) < 4.78 is 7.01. The van der Waals surface area contributed by atoms with Gasteiger partial charge in [0.1, 0.15) is 0 Å². The zero-order valence-electron chi connectivity index (χ0n) is 14.7. The number of hydrogen-bond acceptors (Lipinski definition) is 6. The quantitative estimate of drug-likeness (QED) is 0.827. The second kappa shape index (κ2) is 7.07. The molecule has 2 aromatic heterocycles. The van der Waals surface area contributed by atoms with Crippen molar-refractivity contribution in [3.8, 4) is 0 Å². The van der Waals surface area contributed by atoms with Gasteiger partial charge < -0.3 is 4.52 Å². The molecule has 2 fully saturated rings. The zero-order valence-corrected chi connectivity index (χ0v) is 14.7. The molecule has 3 heterocycles. The lowest BCUT2D eigenvalue weighted by molar-refractivity contribution is 0.159. The number of hydrogen-bond donors (Lipinski definition) is 0. The summed E-state index contributed by atoms with van der Waals surface area (Å²) in [6.07, 6.45) is 5.76. The third kappa shape index (κ3) is 3.81. The Balaban J connectivity index is 1.28. The van der Waals surface area contributed by atoms with Crippen molar-refractivity contribution in [3.63, 3.8) is 0 Å². The topological polar surface area (TPSA) is 77.0 Å². The Labute approximate surface area is 147 Å². The molecule has 0 aromatic carbocycles. The lowest BCUT2D eigenvalue weighted by Crippen LogP contribution is -2.36. The number of nitrogens with zero attached hydrogens (tertiary/aromatic N) is 5. The fourth-order valence-electron chi connectivity index (χ4n) is 3.61. The number of aromatic nitrogens is 4. The van der Waals surface area contributed by atoms with Gasteiger partial charge in [0.05, 0.1) is 12.2 Å². The average molecular weight is 343 g/mol. The average Bonchev–Trinajstić information content (AvgIpc) is 2.99. The highest BCUT2D eigenvalue weighted by molar-refractivity contribution is 4.99. The van der Waals surface area contributed by atoms with E-state index in [9.17, 15) is 4.79 Å². The molecule has 0 spiro atoms. The summed E-state index contributed by atoms with van der Waals surface area (Å²) in [5.74, 6) is 2.61. The molecule has 0 radical (unpaired) electrons. The van der Waals surface area contributed by atoms with E-state index in [-0.39, 0.29) is 5.56 Å². The summed E-state index contributed by atoms with van der Waals surface area (Å²) in [6.45, 7) is 5.38. The summed E-state index contributed by atoms with van der Waals surface area (Å²) >= 11 is 0. The highest BCUT2D eigenvalue weighted by Gasteiger charge is 2.26. The first-order valence-electron chi connectivity index (χ1n) is 9.27. The minimum atomic E-state index is -0.0108. The van der Waals surface area contributed by atoms with E-state index in [0.717, 1.165) is 49.9 Å². The van der Waals surface area contributed by atoms with Crippen LogP contribution >= 0.6 is 0 Å². The summed E-state index contributed by atoms with van der Waals surface area (Å²) in [7, 11) is 0. The summed E-state index contributed by atoms with van der Waals surface area (Å²) in [5, 5.41) is 8.48. The maximum absolute atomic E-state index is 11.9. The van der Waals surface area contributed by atoms with Gasteiger partial charge in [0, 0.05) is 18.5 Å². The molecule has 0 N–H and O–H groups in total. The molecule has 25 heavy (non-hydrogen) atoms. The van der Waals surface area contributed by atoms with E-state index in [4.69, 9.17) is 4.52 Å². The van der Waals surface area contributed by atoms with Gasteiger partial charge in [0.25, 0.3) is 5.56 Å². The molecular weight excluding hydrogens is 318 g/mol. The predicted octanol–water partition coefficient (Wildman–Crippen LogP) is 2.11. The maximum atomic E-state index is 11.9. The highest BCUT2D eigenvalue weighted by Crippen LogP contribution is 2.35. The zero-order chi connectivity index (χ0) is 17.2. The van der Waals surface area contributed by atoms with Crippen LogP contribution in [0.25, 0.3) is 0 Å². The van der Waals surface area contributed by atoms with Crippen molar-refractivity contribution in [2.45, 2.75) is 58.0 Å². The Kier molecular flexibility index (Phi) is 4.65. The molecule has 0 amide bonds. The number of piperidine rings is 1. The molecule has 1 saturated carbocycles. The molecular formula is C18H25N5O2. The van der Waals surface area contributed by atoms with Gasteiger partial charge in [0.2, 0.25) is 5.89 Å². The minimum absolute atomic E-state index is 0.0108. The van der Waals surface area contributed by atoms with Crippen LogP contribution in [0.3, 0.4) is 0 Å². The molecule has 7 heteroatoms. The van der Waals surface area contributed by atoms with Gasteiger partial charge in [-0.2, -0.15) is 10.1 Å². The fourth-order valence-corrected chi connectivity index (χ4v) is 3.61. The van der Waals surface area contributed by atoms with Crippen molar-refractivity contribution < 1.29 is 4.52 Å². The first-order valence-corrected chi connectivity index (χ1v) is 9.27. The van der Waals surface area contributed by atoms with Crippen LogP contribution in [0, 0.1) is 12.8 Å². The molecule has 1 saturated heterocycles. The van der Waals surface area contributed by atoms with Crippen LogP contribution in [0.4, 0.5) is 0 Å². The van der Waals surface area contributed by atoms with E-state index >= 15 is 0 Å². The van der Waals surface area contributed by atoms with Crippen molar-refractivity contribution in [1.29, 1.82) is 0 Å². The first-order chi connectivity index (χ1) is 12.2. The molecule has 2 aliphatic rings. The Morgan fingerprint density at radius 1 is 1.20 bits per heavy atom. The molecule has 7 nitrogen and oxygen atoms in total. The summed E-state index contributed by atoms with van der Waals surface area (Å²) in [4.78, 5) is 18.8. The van der Waals surface area contributed by atoms with Gasteiger partial charge in [-0.15, -0.1) is 0 Å². The molecule has 0 atom stereocenters. The van der Waals surface area contributed by atoms with Crippen molar-refractivity contribution in [2.24, 2.45) is 5.92 Å². The lowest BCUT2D eigenvalue weighted by atomic mass is 9.85. The first kappa shape index (κ1) is 16.4. The second-order valence-electron chi connectivity index (χ2n) is 7.39. The van der Waals surface area contributed by atoms with Crippen LogP contribution in [0.1, 0.15) is 55.4 Å². The van der Waals surface area contributed by atoms with Gasteiger partial charge in [-0.1, -0.05) is 11.6 Å². The third-order valence-electron chi connectivity index (χ3n) is 5.44. The van der Waals surface area contributed by atoms with Crippen molar-refractivity contribution in [1.82, 2.24) is 24.8 Å². The van der Waals surface area contributed by atoms with E-state index in [1.165, 1.54) is 19.3 Å². The van der Waals surface area contributed by atoms with Crippen LogP contribution in [0.15, 0.2) is 21.5 Å². The Morgan fingerprint density at radius 3 is 2.72 bits per heavy atom.